The molecule has 1 aliphatic carbocycles. The zero-order valence-corrected chi connectivity index (χ0v) is 9.11. The molecule has 0 radical (unpaired) electrons. The van der Waals surface area contributed by atoms with Crippen molar-refractivity contribution < 1.29 is 31.5 Å². The van der Waals surface area contributed by atoms with Crippen molar-refractivity contribution in [2.24, 2.45) is 0 Å². The molecule has 1 aliphatic heterocycles. The van der Waals surface area contributed by atoms with Crippen molar-refractivity contribution in [2.75, 3.05) is 13.1 Å². The van der Waals surface area contributed by atoms with Crippen LogP contribution in [0.5, 0.6) is 0 Å². The Morgan fingerprint density at radius 1 is 1.33 bits per heavy atom. The molecule has 2 aliphatic rings. The second-order valence-corrected chi connectivity index (χ2v) is 4.49. The van der Waals surface area contributed by atoms with Gasteiger partial charge in [-0.25, -0.2) is 13.6 Å². The quantitative estimate of drug-likeness (QED) is 0.749. The van der Waals surface area contributed by atoms with Gasteiger partial charge in [-0.3, -0.25) is 0 Å². The van der Waals surface area contributed by atoms with Gasteiger partial charge in [-0.2, -0.15) is 13.2 Å². The van der Waals surface area contributed by atoms with Crippen LogP contribution < -0.4 is 10.6 Å². The predicted molar refractivity (Wildman–Crippen MR) is 49.2 cm³/mol. The van der Waals surface area contributed by atoms with Gasteiger partial charge in [-0.1, -0.05) is 0 Å². The van der Waals surface area contributed by atoms with Crippen molar-refractivity contribution in [1.82, 2.24) is 10.6 Å². The minimum atomic E-state index is -4.59. The number of amides is 1. The summed E-state index contributed by atoms with van der Waals surface area (Å²) in [5.74, 6) is -3.26. The Bertz CT molecular complexity index is 353. The molecule has 0 aromatic carbocycles. The number of hydrogen-bond donors (Lipinski definition) is 2. The van der Waals surface area contributed by atoms with E-state index in [1.54, 1.807) is 5.32 Å². The average molecular weight is 274 g/mol. The molecule has 0 aromatic heterocycles. The number of halogens is 5. The number of carbonyl (C=O) groups is 1. The Hall–Kier alpha value is -1.12. The summed E-state index contributed by atoms with van der Waals surface area (Å²) in [5, 5.41) is 3.92. The Labute approximate surface area is 98.8 Å². The van der Waals surface area contributed by atoms with Gasteiger partial charge in [-0.05, 0) is 12.8 Å². The number of hydrogen-bond acceptors (Lipinski definition) is 3. The molecule has 2 rings (SSSR count). The molecule has 1 saturated carbocycles. The number of carbonyl (C=O) groups excluding carboxylic acids is 1. The first-order chi connectivity index (χ1) is 8.16. The summed E-state index contributed by atoms with van der Waals surface area (Å²) < 4.78 is 67.9. The van der Waals surface area contributed by atoms with Gasteiger partial charge in [0.15, 0.2) is 6.10 Å². The summed E-state index contributed by atoms with van der Waals surface area (Å²) in [6.45, 7) is -0.936. The lowest BCUT2D eigenvalue weighted by atomic mass is 10.2. The highest BCUT2D eigenvalue weighted by Crippen LogP contribution is 2.49. The second-order valence-electron chi connectivity index (χ2n) is 4.49. The molecule has 0 spiro atoms. The van der Waals surface area contributed by atoms with Crippen molar-refractivity contribution in [1.29, 1.82) is 0 Å². The highest BCUT2D eigenvalue weighted by atomic mass is 19.4. The second kappa shape index (κ2) is 3.94. The van der Waals surface area contributed by atoms with Gasteiger partial charge in [0.05, 0.1) is 6.54 Å². The fourth-order valence-electron chi connectivity index (χ4n) is 1.72. The van der Waals surface area contributed by atoms with Gasteiger partial charge >= 0.3 is 12.3 Å². The van der Waals surface area contributed by atoms with E-state index in [0.29, 0.717) is 0 Å². The molecule has 2 N–H and O–H groups in total. The van der Waals surface area contributed by atoms with Gasteiger partial charge in [0.2, 0.25) is 0 Å². The number of ether oxygens (including phenoxy) is 1. The first-order valence-electron chi connectivity index (χ1n) is 5.30. The summed E-state index contributed by atoms with van der Waals surface area (Å²) in [5.41, 5.74) is -2.30. The smallest absolute Gasteiger partial charge is 0.411 e. The molecule has 4 nitrogen and oxygen atoms in total. The van der Waals surface area contributed by atoms with E-state index in [1.165, 1.54) is 0 Å². The van der Waals surface area contributed by atoms with Crippen LogP contribution >= 0.6 is 0 Å². The number of alkyl carbamates (subject to hydrolysis) is 1. The lowest BCUT2D eigenvalue weighted by molar-refractivity contribution is -0.165. The first-order valence-corrected chi connectivity index (χ1v) is 5.30. The lowest BCUT2D eigenvalue weighted by Crippen LogP contribution is -2.50. The molecular weight excluding hydrogens is 263 g/mol. The van der Waals surface area contributed by atoms with E-state index in [2.05, 4.69) is 10.1 Å². The Kier molecular flexibility index (Phi) is 2.91. The first kappa shape index (κ1) is 13.3. The monoisotopic (exact) mass is 274 g/mol. The topological polar surface area (TPSA) is 50.4 Å². The third kappa shape index (κ3) is 2.36. The van der Waals surface area contributed by atoms with Crippen LogP contribution in [0.1, 0.15) is 12.8 Å². The van der Waals surface area contributed by atoms with Crippen molar-refractivity contribution >= 4 is 6.09 Å². The lowest BCUT2D eigenvalue weighted by Gasteiger charge is -2.23. The largest absolute Gasteiger partial charge is 0.438 e. The molecule has 0 aromatic rings. The van der Waals surface area contributed by atoms with Crippen LogP contribution in [0.3, 0.4) is 0 Å². The molecule has 1 saturated heterocycles. The van der Waals surface area contributed by atoms with E-state index in [-0.39, 0.29) is 19.4 Å². The summed E-state index contributed by atoms with van der Waals surface area (Å²) in [6.07, 6.45) is -8.31. The van der Waals surface area contributed by atoms with E-state index in [4.69, 9.17) is 0 Å². The van der Waals surface area contributed by atoms with Gasteiger partial charge in [0.1, 0.15) is 5.54 Å². The predicted octanol–water partition coefficient (Wildman–Crippen LogP) is 1.41. The molecule has 1 atom stereocenters. The molecule has 104 valence electrons. The molecule has 18 heavy (non-hydrogen) atoms. The SMILES string of the molecule is O=C(NC1(C(F)(F)F)CC1)O[C@H]1CNCC1(F)F. The fourth-order valence-corrected chi connectivity index (χ4v) is 1.72. The maximum atomic E-state index is 13.1. The van der Waals surface area contributed by atoms with Crippen molar-refractivity contribution in [3.63, 3.8) is 0 Å². The van der Waals surface area contributed by atoms with E-state index >= 15 is 0 Å². The zero-order valence-electron chi connectivity index (χ0n) is 9.11. The molecule has 1 amide bonds. The van der Waals surface area contributed by atoms with E-state index < -0.39 is 36.4 Å². The summed E-state index contributed by atoms with van der Waals surface area (Å²) in [6, 6.07) is 0. The highest BCUT2D eigenvalue weighted by molar-refractivity contribution is 5.69. The Morgan fingerprint density at radius 3 is 2.33 bits per heavy atom. The number of alkyl halides is 5. The van der Waals surface area contributed by atoms with Crippen LogP contribution in [0.25, 0.3) is 0 Å². The average Bonchev–Trinajstić information content (AvgIpc) is 2.89. The highest BCUT2D eigenvalue weighted by Gasteiger charge is 2.65. The van der Waals surface area contributed by atoms with Crippen molar-refractivity contribution in [3.05, 3.63) is 0 Å². The summed E-state index contributed by atoms with van der Waals surface area (Å²) >= 11 is 0. The molecule has 9 heteroatoms. The molecule has 2 fully saturated rings. The van der Waals surface area contributed by atoms with E-state index in [0.717, 1.165) is 0 Å². The molecular formula is C9H11F5N2O2. The van der Waals surface area contributed by atoms with Gasteiger partial charge in [-0.15, -0.1) is 0 Å². The van der Waals surface area contributed by atoms with Crippen LogP contribution in [0.2, 0.25) is 0 Å². The fraction of sp³-hybridized carbons (Fsp3) is 0.889. The maximum absolute atomic E-state index is 13.1. The normalized spacial score (nSPS) is 28.8. The van der Waals surface area contributed by atoms with Gasteiger partial charge in [0.25, 0.3) is 5.92 Å². The zero-order chi connectivity index (χ0) is 13.6. The summed E-state index contributed by atoms with van der Waals surface area (Å²) in [4.78, 5) is 11.2. The van der Waals surface area contributed by atoms with Crippen LogP contribution in [0, 0.1) is 0 Å². The van der Waals surface area contributed by atoms with Crippen LogP contribution in [0.15, 0.2) is 0 Å². The molecule has 0 bridgehead atoms. The molecule has 0 unspecified atom stereocenters. The Morgan fingerprint density at radius 2 is 1.94 bits per heavy atom. The minimum Gasteiger partial charge on any atom is -0.438 e. The van der Waals surface area contributed by atoms with Gasteiger partial charge in [0, 0.05) is 6.54 Å². The number of rotatable bonds is 2. The van der Waals surface area contributed by atoms with E-state index in [1.807, 2.05) is 0 Å². The minimum absolute atomic E-state index is 0.259. The molecule has 1 heterocycles. The van der Waals surface area contributed by atoms with Crippen LogP contribution in [-0.2, 0) is 4.74 Å². The van der Waals surface area contributed by atoms with Crippen LogP contribution in [-0.4, -0.2) is 42.9 Å². The van der Waals surface area contributed by atoms with Crippen molar-refractivity contribution in [3.8, 4) is 0 Å². The van der Waals surface area contributed by atoms with Crippen LogP contribution in [0.4, 0.5) is 26.7 Å². The van der Waals surface area contributed by atoms with Gasteiger partial charge < -0.3 is 15.4 Å². The maximum Gasteiger partial charge on any atom is 0.411 e. The third-order valence-corrected chi connectivity index (χ3v) is 3.04. The standard InChI is InChI=1S/C9H11F5N2O2/c10-8(11)4-15-3-5(8)18-6(17)16-7(1-2-7)9(12,13)14/h5,15H,1-4H2,(H,16,17)/t5-/m0/s1. The van der Waals surface area contributed by atoms with Crippen molar-refractivity contribution in [2.45, 2.75) is 36.6 Å². The Balaban J connectivity index is 1.90. The van der Waals surface area contributed by atoms with E-state index in [9.17, 15) is 26.7 Å². The third-order valence-electron chi connectivity index (χ3n) is 3.04. The number of nitrogens with one attached hydrogen (secondary N) is 2. The summed E-state index contributed by atoms with van der Waals surface area (Å²) in [7, 11) is 0.